The number of aromatic nitrogens is 2. The van der Waals surface area contributed by atoms with Gasteiger partial charge in [0.25, 0.3) is 11.5 Å². The van der Waals surface area contributed by atoms with Gasteiger partial charge in [-0.1, -0.05) is 24.3 Å². The lowest BCUT2D eigenvalue weighted by atomic mass is 10.1. The van der Waals surface area contributed by atoms with Crippen LogP contribution in [0.4, 0.5) is 0 Å². The van der Waals surface area contributed by atoms with Crippen molar-refractivity contribution in [2.45, 2.75) is 6.04 Å². The van der Waals surface area contributed by atoms with E-state index in [1.807, 2.05) is 25.5 Å². The van der Waals surface area contributed by atoms with Crippen molar-refractivity contribution in [3.05, 3.63) is 62.7 Å². The van der Waals surface area contributed by atoms with E-state index in [1.54, 1.807) is 42.6 Å². The van der Waals surface area contributed by atoms with Crippen LogP contribution in [0.3, 0.4) is 0 Å². The maximum absolute atomic E-state index is 12.7. The van der Waals surface area contributed by atoms with E-state index in [4.69, 9.17) is 0 Å². The first kappa shape index (κ1) is 17.3. The SMILES string of the molecule is CN(C)[C@H](CNC(=O)c1nn(C)c(=O)c2ccccc12)c1cccs1. The number of hydrogen-bond acceptors (Lipinski definition) is 5. The molecular weight excluding hydrogens is 336 g/mol. The summed E-state index contributed by atoms with van der Waals surface area (Å²) < 4.78 is 1.21. The molecule has 0 saturated heterocycles. The van der Waals surface area contributed by atoms with Crippen LogP contribution < -0.4 is 10.9 Å². The second-order valence-electron chi connectivity index (χ2n) is 6.03. The number of nitrogens with one attached hydrogen (secondary N) is 1. The summed E-state index contributed by atoms with van der Waals surface area (Å²) in [6.07, 6.45) is 0. The van der Waals surface area contributed by atoms with Crippen LogP contribution in [0.2, 0.25) is 0 Å². The zero-order valence-corrected chi connectivity index (χ0v) is 15.2. The van der Waals surface area contributed by atoms with E-state index >= 15 is 0 Å². The Morgan fingerprint density at radius 2 is 1.96 bits per heavy atom. The van der Waals surface area contributed by atoms with Crippen LogP contribution in [0.15, 0.2) is 46.6 Å². The van der Waals surface area contributed by atoms with Crippen LogP contribution >= 0.6 is 11.3 Å². The Labute approximate surface area is 149 Å². The predicted molar refractivity (Wildman–Crippen MR) is 100 cm³/mol. The summed E-state index contributed by atoms with van der Waals surface area (Å²) in [6, 6.07) is 11.2. The van der Waals surface area contributed by atoms with Gasteiger partial charge in [0, 0.05) is 23.9 Å². The average molecular weight is 356 g/mol. The van der Waals surface area contributed by atoms with Crippen molar-refractivity contribution in [3.63, 3.8) is 0 Å². The van der Waals surface area contributed by atoms with Crippen molar-refractivity contribution in [1.29, 1.82) is 0 Å². The second kappa shape index (κ2) is 7.16. The molecule has 7 heteroatoms. The lowest BCUT2D eigenvalue weighted by molar-refractivity contribution is 0.0937. The number of fused-ring (bicyclic) bond motifs is 1. The molecule has 1 aromatic carbocycles. The molecule has 1 atom stereocenters. The Morgan fingerprint density at radius 3 is 2.60 bits per heavy atom. The number of rotatable bonds is 5. The summed E-state index contributed by atoms with van der Waals surface area (Å²) in [5.41, 5.74) is 0.0540. The minimum absolute atomic E-state index is 0.0859. The molecule has 3 rings (SSSR count). The minimum atomic E-state index is -0.282. The number of aryl methyl sites for hydroxylation is 1. The number of likely N-dealkylation sites (N-methyl/N-ethyl adjacent to an activating group) is 1. The van der Waals surface area contributed by atoms with E-state index in [2.05, 4.69) is 21.4 Å². The third-order valence-corrected chi connectivity index (χ3v) is 5.10. The molecule has 2 heterocycles. The van der Waals surface area contributed by atoms with Crippen LogP contribution in [-0.2, 0) is 7.05 Å². The van der Waals surface area contributed by atoms with E-state index in [0.29, 0.717) is 17.3 Å². The minimum Gasteiger partial charge on any atom is -0.349 e. The third kappa shape index (κ3) is 3.47. The molecule has 0 radical (unpaired) electrons. The fourth-order valence-corrected chi connectivity index (χ4v) is 3.68. The molecular formula is C18H20N4O2S. The number of hydrogen-bond donors (Lipinski definition) is 1. The van der Waals surface area contributed by atoms with Crippen LogP contribution in [0.25, 0.3) is 10.8 Å². The molecule has 0 bridgehead atoms. The van der Waals surface area contributed by atoms with Crippen molar-refractivity contribution in [1.82, 2.24) is 20.0 Å². The number of carbonyl (C=O) groups is 1. The van der Waals surface area contributed by atoms with Crippen molar-refractivity contribution < 1.29 is 4.79 Å². The summed E-state index contributed by atoms with van der Waals surface area (Å²) >= 11 is 1.66. The summed E-state index contributed by atoms with van der Waals surface area (Å²) in [4.78, 5) is 28.1. The molecule has 3 aromatic rings. The topological polar surface area (TPSA) is 67.2 Å². The zero-order valence-electron chi connectivity index (χ0n) is 14.4. The Balaban J connectivity index is 1.88. The van der Waals surface area contributed by atoms with E-state index in [0.717, 1.165) is 0 Å². The first-order chi connectivity index (χ1) is 12.0. The second-order valence-corrected chi connectivity index (χ2v) is 7.01. The van der Waals surface area contributed by atoms with Gasteiger partial charge in [0.1, 0.15) is 0 Å². The van der Waals surface area contributed by atoms with Gasteiger partial charge in [0.2, 0.25) is 0 Å². The lowest BCUT2D eigenvalue weighted by Gasteiger charge is -2.23. The van der Waals surface area contributed by atoms with Gasteiger partial charge in [-0.2, -0.15) is 5.10 Å². The highest BCUT2D eigenvalue weighted by atomic mass is 32.1. The van der Waals surface area contributed by atoms with Crippen LogP contribution in [0.5, 0.6) is 0 Å². The van der Waals surface area contributed by atoms with E-state index < -0.39 is 0 Å². The Kier molecular flexibility index (Phi) is 4.96. The highest BCUT2D eigenvalue weighted by molar-refractivity contribution is 7.10. The number of benzene rings is 1. The molecule has 0 aliphatic heterocycles. The summed E-state index contributed by atoms with van der Waals surface area (Å²) in [6.45, 7) is 0.463. The van der Waals surface area contributed by atoms with Crippen molar-refractivity contribution in [2.75, 3.05) is 20.6 Å². The molecule has 1 amide bonds. The van der Waals surface area contributed by atoms with Gasteiger partial charge in [-0.05, 0) is 31.6 Å². The van der Waals surface area contributed by atoms with Gasteiger partial charge in [0.05, 0.1) is 11.4 Å². The number of nitrogens with zero attached hydrogens (tertiary/aromatic N) is 3. The zero-order chi connectivity index (χ0) is 18.0. The molecule has 2 aromatic heterocycles. The normalized spacial score (nSPS) is 12.5. The van der Waals surface area contributed by atoms with Gasteiger partial charge in [-0.25, -0.2) is 4.68 Å². The molecule has 0 saturated carbocycles. The molecule has 0 fully saturated rings. The lowest BCUT2D eigenvalue weighted by Crippen LogP contribution is -2.35. The van der Waals surface area contributed by atoms with Gasteiger partial charge >= 0.3 is 0 Å². The first-order valence-electron chi connectivity index (χ1n) is 7.93. The fraction of sp³-hybridized carbons (Fsp3) is 0.278. The van der Waals surface area contributed by atoms with Gasteiger partial charge < -0.3 is 10.2 Å². The summed E-state index contributed by atoms with van der Waals surface area (Å²) in [5, 5.41) is 10.2. The number of amides is 1. The monoisotopic (exact) mass is 356 g/mol. The Morgan fingerprint density at radius 1 is 1.24 bits per heavy atom. The van der Waals surface area contributed by atoms with Crippen LogP contribution in [-0.4, -0.2) is 41.2 Å². The van der Waals surface area contributed by atoms with Crippen LogP contribution in [0.1, 0.15) is 21.4 Å². The highest BCUT2D eigenvalue weighted by Gasteiger charge is 2.19. The highest BCUT2D eigenvalue weighted by Crippen LogP contribution is 2.22. The quantitative estimate of drug-likeness (QED) is 0.760. The summed E-state index contributed by atoms with van der Waals surface area (Å²) in [7, 11) is 5.52. The van der Waals surface area contributed by atoms with E-state index in [1.165, 1.54) is 9.56 Å². The molecule has 0 aliphatic carbocycles. The predicted octanol–water partition coefficient (Wildman–Crippen LogP) is 2.03. The molecule has 6 nitrogen and oxygen atoms in total. The van der Waals surface area contributed by atoms with Gasteiger partial charge in [-0.15, -0.1) is 11.3 Å². The van der Waals surface area contributed by atoms with Gasteiger partial charge in [-0.3, -0.25) is 9.59 Å². The van der Waals surface area contributed by atoms with Crippen molar-refractivity contribution in [3.8, 4) is 0 Å². The molecule has 0 spiro atoms. The largest absolute Gasteiger partial charge is 0.349 e. The Hall–Kier alpha value is -2.51. The maximum atomic E-state index is 12.7. The smallest absolute Gasteiger partial charge is 0.274 e. The molecule has 0 unspecified atom stereocenters. The summed E-state index contributed by atoms with van der Waals surface area (Å²) in [5.74, 6) is -0.282. The van der Waals surface area contributed by atoms with E-state index in [-0.39, 0.29) is 23.2 Å². The standard InChI is InChI=1S/C18H20N4O2S/c1-21(2)14(15-9-6-10-25-15)11-19-17(23)16-12-7-4-5-8-13(12)18(24)22(3)20-16/h4-10,14H,11H2,1-3H3,(H,19,23)/t14-/m1/s1. The molecule has 1 N–H and O–H groups in total. The average Bonchev–Trinajstić information content (AvgIpc) is 3.12. The van der Waals surface area contributed by atoms with E-state index in [9.17, 15) is 9.59 Å². The first-order valence-corrected chi connectivity index (χ1v) is 8.81. The molecule has 0 aliphatic rings. The molecule has 130 valence electrons. The number of carbonyl (C=O) groups excluding carboxylic acids is 1. The van der Waals surface area contributed by atoms with Gasteiger partial charge in [0.15, 0.2) is 5.69 Å². The molecule has 25 heavy (non-hydrogen) atoms. The number of thiophene rings is 1. The fourth-order valence-electron chi connectivity index (χ4n) is 2.76. The Bertz CT molecular complexity index is 947. The van der Waals surface area contributed by atoms with Crippen molar-refractivity contribution >= 4 is 28.0 Å². The van der Waals surface area contributed by atoms with Crippen molar-refractivity contribution in [2.24, 2.45) is 7.05 Å². The maximum Gasteiger partial charge on any atom is 0.274 e. The third-order valence-electron chi connectivity index (χ3n) is 4.12. The van der Waals surface area contributed by atoms with Crippen LogP contribution in [0, 0.1) is 0 Å².